The highest BCUT2D eigenvalue weighted by Crippen LogP contribution is 2.27. The first-order valence-electron chi connectivity index (χ1n) is 18.0. The third-order valence-electron chi connectivity index (χ3n) is 8.36. The summed E-state index contributed by atoms with van der Waals surface area (Å²) in [5, 5.41) is 6.01. The number of ether oxygens (including phenoxy) is 4. The molecule has 0 saturated carbocycles. The van der Waals surface area contributed by atoms with Gasteiger partial charge in [0.2, 0.25) is 11.8 Å². The van der Waals surface area contributed by atoms with Crippen molar-refractivity contribution >= 4 is 57.7 Å². The summed E-state index contributed by atoms with van der Waals surface area (Å²) in [7, 11) is 9.98. The average molecular weight is 844 g/mol. The van der Waals surface area contributed by atoms with Gasteiger partial charge in [0.25, 0.3) is 0 Å². The molecule has 0 aliphatic heterocycles. The van der Waals surface area contributed by atoms with Crippen molar-refractivity contribution in [1.82, 2.24) is 10.6 Å². The van der Waals surface area contributed by atoms with Gasteiger partial charge in [0.15, 0.2) is 24.8 Å². The van der Waals surface area contributed by atoms with Crippen molar-refractivity contribution in [1.29, 1.82) is 0 Å². The van der Waals surface area contributed by atoms with Crippen LogP contribution in [0.2, 0.25) is 0 Å². The first kappa shape index (κ1) is 47.8. The lowest BCUT2D eigenvalue weighted by Gasteiger charge is -2.07. The summed E-state index contributed by atoms with van der Waals surface area (Å²) < 4.78 is 25.6. The number of amides is 2. The molecule has 0 radical (unpaired) electrons. The zero-order valence-corrected chi connectivity index (χ0v) is 35.5. The lowest BCUT2D eigenvalue weighted by molar-refractivity contribution is -0.697. The Morgan fingerprint density at radius 1 is 0.571 bits per heavy atom. The smallest absolute Gasteiger partial charge is 0.220 e. The zero-order valence-electron chi connectivity index (χ0n) is 32.4. The Kier molecular flexibility index (Phi) is 23.3. The Morgan fingerprint density at radius 2 is 0.964 bits per heavy atom. The van der Waals surface area contributed by atoms with Gasteiger partial charge in [-0.25, -0.2) is 9.13 Å². The van der Waals surface area contributed by atoms with Gasteiger partial charge >= 0.3 is 0 Å². The predicted molar refractivity (Wildman–Crippen MR) is 220 cm³/mol. The van der Waals surface area contributed by atoms with E-state index < -0.39 is 0 Å². The molecule has 4 aromatic rings. The molecule has 2 aromatic heterocycles. The van der Waals surface area contributed by atoms with Gasteiger partial charge in [0, 0.05) is 97.8 Å². The molecule has 2 aromatic carbocycles. The van der Waals surface area contributed by atoms with Gasteiger partial charge < -0.3 is 54.4 Å². The van der Waals surface area contributed by atoms with Gasteiger partial charge in [-0.15, -0.1) is 0 Å². The molecule has 2 heterocycles. The second kappa shape index (κ2) is 27.3. The SMILES string of the molecule is COc1ccc(C=Cc2cc[n+](CCCC(=O)NCCSSCCNC(=O)CCC[n+]3ccc(C=Cc4ccc(OC)cc4OC)cc3)cc2)c(OC)c1.[Cl-].[Cl-]. The van der Waals surface area contributed by atoms with E-state index in [1.165, 1.54) is 0 Å². The van der Waals surface area contributed by atoms with Crippen LogP contribution in [0.4, 0.5) is 0 Å². The molecule has 0 aliphatic carbocycles. The van der Waals surface area contributed by atoms with Crippen molar-refractivity contribution in [3.8, 4) is 23.0 Å². The summed E-state index contributed by atoms with van der Waals surface area (Å²) in [6.45, 7) is 2.80. The third kappa shape index (κ3) is 17.2. The largest absolute Gasteiger partial charge is 1.00 e. The predicted octanol–water partition coefficient (Wildman–Crippen LogP) is 0.519. The lowest BCUT2D eigenvalue weighted by atomic mass is 10.1. The van der Waals surface area contributed by atoms with E-state index in [0.29, 0.717) is 25.9 Å². The number of aryl methyl sites for hydroxylation is 2. The molecular weight excluding hydrogens is 792 g/mol. The molecule has 0 atom stereocenters. The first-order chi connectivity index (χ1) is 26.4. The average Bonchev–Trinajstić information content (AvgIpc) is 3.21. The number of aromatic nitrogens is 2. The molecule has 0 unspecified atom stereocenters. The van der Waals surface area contributed by atoms with Crippen LogP contribution >= 0.6 is 21.6 Å². The van der Waals surface area contributed by atoms with Crippen molar-refractivity contribution in [3.63, 3.8) is 0 Å². The Labute approximate surface area is 351 Å². The summed E-state index contributed by atoms with van der Waals surface area (Å²) in [6, 6.07) is 19.7. The van der Waals surface area contributed by atoms with Crippen molar-refractivity contribution in [2.45, 2.75) is 38.8 Å². The Balaban J connectivity index is 0.00000541. The molecule has 4 rings (SSSR count). The Hall–Kier alpha value is -4.36. The Morgan fingerprint density at radius 3 is 1.32 bits per heavy atom. The highest BCUT2D eigenvalue weighted by atomic mass is 35.5. The summed E-state index contributed by atoms with van der Waals surface area (Å²) in [6.07, 6.45) is 18.7. The van der Waals surface area contributed by atoms with Crippen molar-refractivity contribution in [3.05, 3.63) is 108 Å². The van der Waals surface area contributed by atoms with E-state index in [9.17, 15) is 9.59 Å². The number of carbonyl (C=O) groups excluding carboxylic acids is 2. The van der Waals surface area contributed by atoms with Gasteiger partial charge in [-0.05, 0) is 35.4 Å². The van der Waals surface area contributed by atoms with Crippen molar-refractivity contribution in [2.75, 3.05) is 53.0 Å². The summed E-state index contributed by atoms with van der Waals surface area (Å²) in [4.78, 5) is 24.6. The topological polar surface area (TPSA) is 103 Å². The van der Waals surface area contributed by atoms with E-state index in [0.717, 1.165) is 82.7 Å². The van der Waals surface area contributed by atoms with E-state index in [2.05, 4.69) is 44.0 Å². The number of benzene rings is 2. The van der Waals surface area contributed by atoms with Crippen LogP contribution in [0.25, 0.3) is 24.3 Å². The maximum atomic E-state index is 12.3. The van der Waals surface area contributed by atoms with Gasteiger partial charge in [-0.3, -0.25) is 9.59 Å². The standard InChI is InChI=1S/C42H50N4O6S2.2ClH/c1-49-37-15-13-35(39(31-37)51-3)11-9-33-17-25-45(26-18-33)23-5-7-41(47)43-21-29-53-54-30-22-44-42(48)8-6-24-46-27-19-34(20-28-46)10-12-36-14-16-38(50-2)32-40(36)52-4;;/h9-20,25-28,31-32H,5-8,21-24,29-30H2,1-4H3;2*1H. The summed E-state index contributed by atoms with van der Waals surface area (Å²) >= 11 is 0. The van der Waals surface area contributed by atoms with E-state index in [1.807, 2.05) is 85.5 Å². The minimum absolute atomic E-state index is 0. The highest BCUT2D eigenvalue weighted by molar-refractivity contribution is 8.76. The van der Waals surface area contributed by atoms with Gasteiger partial charge in [0.1, 0.15) is 36.1 Å². The summed E-state index contributed by atoms with van der Waals surface area (Å²) in [5.74, 6) is 4.79. The first-order valence-corrected chi connectivity index (χ1v) is 20.5. The van der Waals surface area contributed by atoms with Crippen LogP contribution in [0.5, 0.6) is 23.0 Å². The molecule has 14 heteroatoms. The molecule has 2 amide bonds. The fourth-order valence-corrected chi connectivity index (χ4v) is 7.16. The quantitative estimate of drug-likeness (QED) is 0.0634. The number of hydrogen-bond acceptors (Lipinski definition) is 8. The van der Waals surface area contributed by atoms with Crippen LogP contribution in [0.1, 0.15) is 47.9 Å². The third-order valence-corrected chi connectivity index (χ3v) is 10.8. The van der Waals surface area contributed by atoms with Crippen LogP contribution in [-0.2, 0) is 22.7 Å². The van der Waals surface area contributed by atoms with Crippen LogP contribution in [0.3, 0.4) is 0 Å². The molecule has 0 saturated heterocycles. The maximum Gasteiger partial charge on any atom is 0.220 e. The normalized spacial score (nSPS) is 10.7. The number of methoxy groups -OCH3 is 4. The van der Waals surface area contributed by atoms with Gasteiger partial charge in [-0.2, -0.15) is 0 Å². The Bertz CT molecular complexity index is 1700. The van der Waals surface area contributed by atoms with E-state index in [-0.39, 0.29) is 36.6 Å². The molecular formula is C42H52Cl2N4O6S2. The molecule has 0 fully saturated rings. The molecule has 302 valence electrons. The van der Waals surface area contributed by atoms with E-state index in [4.69, 9.17) is 18.9 Å². The second-order valence-electron chi connectivity index (χ2n) is 12.2. The van der Waals surface area contributed by atoms with Crippen molar-refractivity contribution in [2.24, 2.45) is 0 Å². The minimum Gasteiger partial charge on any atom is -1.00 e. The monoisotopic (exact) mass is 842 g/mol. The number of rotatable bonds is 23. The molecule has 0 spiro atoms. The second-order valence-corrected chi connectivity index (χ2v) is 14.9. The van der Waals surface area contributed by atoms with E-state index >= 15 is 0 Å². The van der Waals surface area contributed by atoms with Gasteiger partial charge in [0.05, 0.1) is 28.4 Å². The number of carbonyl (C=O) groups is 2. The summed E-state index contributed by atoms with van der Waals surface area (Å²) in [5.41, 5.74) is 4.10. The maximum absolute atomic E-state index is 12.3. The fourth-order valence-electron chi connectivity index (χ4n) is 5.35. The van der Waals surface area contributed by atoms with Crippen LogP contribution in [0.15, 0.2) is 85.5 Å². The zero-order chi connectivity index (χ0) is 38.4. The molecule has 0 bridgehead atoms. The highest BCUT2D eigenvalue weighted by Gasteiger charge is 2.08. The number of hydrogen-bond donors (Lipinski definition) is 2. The number of halogens is 2. The molecule has 56 heavy (non-hydrogen) atoms. The minimum atomic E-state index is 0. The van der Waals surface area contributed by atoms with E-state index in [1.54, 1.807) is 50.0 Å². The number of pyridine rings is 2. The molecule has 0 aliphatic rings. The lowest BCUT2D eigenvalue weighted by Crippen LogP contribution is -3.00. The van der Waals surface area contributed by atoms with Crippen LogP contribution < -0.4 is 63.5 Å². The number of nitrogens with one attached hydrogen (secondary N) is 2. The van der Waals surface area contributed by atoms with Crippen LogP contribution in [-0.4, -0.2) is 64.8 Å². The van der Waals surface area contributed by atoms with Gasteiger partial charge in [-0.1, -0.05) is 45.9 Å². The number of nitrogens with zero attached hydrogens (tertiary/aromatic N) is 2. The fraction of sp³-hybridized carbons (Fsp3) is 0.333. The molecule has 10 nitrogen and oxygen atoms in total. The molecule has 2 N–H and O–H groups in total. The van der Waals surface area contributed by atoms with Crippen molar-refractivity contribution < 1.29 is 62.5 Å². The van der Waals surface area contributed by atoms with Crippen LogP contribution in [0, 0.1) is 0 Å².